The summed E-state index contributed by atoms with van der Waals surface area (Å²) in [5, 5.41) is 0. The average Bonchev–Trinajstić information content (AvgIpc) is 2.81. The number of ketones is 1. The lowest BCUT2D eigenvalue weighted by Gasteiger charge is -2.37. The average molecular weight is 252 g/mol. The van der Waals surface area contributed by atoms with Crippen LogP contribution in [0.4, 0.5) is 0 Å². The van der Waals surface area contributed by atoms with Crippen molar-refractivity contribution in [3.05, 3.63) is 0 Å². The Balaban J connectivity index is 1.73. The van der Waals surface area contributed by atoms with Crippen LogP contribution in [-0.2, 0) is 9.53 Å². The molecule has 0 amide bonds. The van der Waals surface area contributed by atoms with E-state index < -0.39 is 0 Å². The normalized spacial score (nSPS) is 31.4. The van der Waals surface area contributed by atoms with Gasteiger partial charge in [-0.15, -0.1) is 0 Å². The van der Waals surface area contributed by atoms with E-state index in [4.69, 9.17) is 4.74 Å². The van der Waals surface area contributed by atoms with Crippen molar-refractivity contribution in [1.29, 1.82) is 0 Å². The van der Waals surface area contributed by atoms with Crippen molar-refractivity contribution >= 4 is 5.78 Å². The molecule has 0 bridgehead atoms. The van der Waals surface area contributed by atoms with E-state index in [-0.39, 0.29) is 5.41 Å². The molecule has 18 heavy (non-hydrogen) atoms. The number of hydrogen-bond donors (Lipinski definition) is 0. The second-order valence-corrected chi connectivity index (χ2v) is 6.78. The molecule has 2 heteroatoms. The fourth-order valence-corrected chi connectivity index (χ4v) is 3.64. The molecule has 0 aromatic rings. The Hall–Kier alpha value is -0.370. The molecule has 2 unspecified atom stereocenters. The topological polar surface area (TPSA) is 26.3 Å². The monoisotopic (exact) mass is 252 g/mol. The maximum atomic E-state index is 12.3. The highest BCUT2D eigenvalue weighted by atomic mass is 16.5. The summed E-state index contributed by atoms with van der Waals surface area (Å²) in [6, 6.07) is 0. The van der Waals surface area contributed by atoms with Gasteiger partial charge in [0, 0.05) is 18.9 Å². The molecule has 1 heterocycles. The minimum atomic E-state index is 0.235. The van der Waals surface area contributed by atoms with Crippen LogP contribution in [-0.4, -0.2) is 18.5 Å². The molecule has 2 rings (SSSR count). The first-order valence-corrected chi connectivity index (χ1v) is 7.74. The van der Waals surface area contributed by atoms with Crippen molar-refractivity contribution in [2.45, 2.75) is 77.7 Å². The zero-order valence-electron chi connectivity index (χ0n) is 12.0. The first kappa shape index (κ1) is 14.0. The van der Waals surface area contributed by atoms with Crippen molar-refractivity contribution in [3.8, 4) is 0 Å². The second kappa shape index (κ2) is 6.18. The van der Waals surface area contributed by atoms with Gasteiger partial charge in [0.15, 0.2) is 0 Å². The highest BCUT2D eigenvalue weighted by Gasteiger charge is 2.36. The Kier molecular flexibility index (Phi) is 4.83. The van der Waals surface area contributed by atoms with E-state index in [1.807, 2.05) is 0 Å². The molecule has 1 aliphatic carbocycles. The largest absolute Gasteiger partial charge is 0.378 e. The SMILES string of the molecule is CC1(C)CCCCC1C(=O)CCCC1CCCO1. The Morgan fingerprint density at radius 3 is 2.72 bits per heavy atom. The number of hydrogen-bond acceptors (Lipinski definition) is 2. The van der Waals surface area contributed by atoms with Gasteiger partial charge in [-0.3, -0.25) is 4.79 Å². The third-order valence-electron chi connectivity index (χ3n) is 4.87. The van der Waals surface area contributed by atoms with Crippen molar-refractivity contribution in [3.63, 3.8) is 0 Å². The third kappa shape index (κ3) is 3.57. The fraction of sp³-hybridized carbons (Fsp3) is 0.938. The third-order valence-corrected chi connectivity index (χ3v) is 4.87. The van der Waals surface area contributed by atoms with Crippen molar-refractivity contribution in [1.82, 2.24) is 0 Å². The van der Waals surface area contributed by atoms with E-state index in [2.05, 4.69) is 13.8 Å². The summed E-state index contributed by atoms with van der Waals surface area (Å²) in [6.45, 7) is 5.47. The van der Waals surface area contributed by atoms with Crippen LogP contribution in [0.5, 0.6) is 0 Å². The minimum absolute atomic E-state index is 0.235. The minimum Gasteiger partial charge on any atom is -0.378 e. The first-order chi connectivity index (χ1) is 8.59. The van der Waals surface area contributed by atoms with E-state index in [1.165, 1.54) is 32.1 Å². The van der Waals surface area contributed by atoms with Gasteiger partial charge >= 0.3 is 0 Å². The maximum Gasteiger partial charge on any atom is 0.136 e. The van der Waals surface area contributed by atoms with Gasteiger partial charge in [-0.1, -0.05) is 26.7 Å². The Labute approximate surface area is 111 Å². The highest BCUT2D eigenvalue weighted by molar-refractivity contribution is 5.81. The fourth-order valence-electron chi connectivity index (χ4n) is 3.64. The summed E-state index contributed by atoms with van der Waals surface area (Å²) < 4.78 is 5.61. The molecule has 1 saturated carbocycles. The number of Topliss-reactive ketones (excluding diaryl/α,β-unsaturated/α-hetero) is 1. The lowest BCUT2D eigenvalue weighted by Crippen LogP contribution is -2.34. The van der Waals surface area contributed by atoms with Gasteiger partial charge in [0.25, 0.3) is 0 Å². The second-order valence-electron chi connectivity index (χ2n) is 6.78. The zero-order valence-corrected chi connectivity index (χ0v) is 12.0. The van der Waals surface area contributed by atoms with E-state index in [1.54, 1.807) is 0 Å². The lowest BCUT2D eigenvalue weighted by molar-refractivity contribution is -0.128. The van der Waals surface area contributed by atoms with Crippen LogP contribution in [0.1, 0.15) is 71.6 Å². The van der Waals surface area contributed by atoms with Crippen molar-refractivity contribution in [2.75, 3.05) is 6.61 Å². The number of rotatable bonds is 5. The summed E-state index contributed by atoms with van der Waals surface area (Å²) in [5.74, 6) is 0.827. The van der Waals surface area contributed by atoms with Gasteiger partial charge in [0.1, 0.15) is 5.78 Å². The zero-order chi connectivity index (χ0) is 13.0. The summed E-state index contributed by atoms with van der Waals surface area (Å²) in [7, 11) is 0. The standard InChI is InChI=1S/C16H28O2/c1-16(2)11-4-3-9-14(16)15(17)10-5-7-13-8-6-12-18-13/h13-14H,3-12H2,1-2H3. The molecule has 0 radical (unpaired) electrons. The van der Waals surface area contributed by atoms with Crippen molar-refractivity contribution in [2.24, 2.45) is 11.3 Å². The molecule has 0 aromatic carbocycles. The molecule has 104 valence electrons. The van der Waals surface area contributed by atoms with Gasteiger partial charge < -0.3 is 4.74 Å². The summed E-state index contributed by atoms with van der Waals surface area (Å²) >= 11 is 0. The molecule has 0 aromatic heterocycles. The molecular formula is C16H28O2. The van der Waals surface area contributed by atoms with Crippen LogP contribution < -0.4 is 0 Å². The van der Waals surface area contributed by atoms with Crippen LogP contribution >= 0.6 is 0 Å². The maximum absolute atomic E-state index is 12.3. The summed E-state index contributed by atoms with van der Waals surface area (Å²) in [5.41, 5.74) is 0.235. The van der Waals surface area contributed by atoms with E-state index in [0.717, 1.165) is 32.3 Å². The summed E-state index contributed by atoms with van der Waals surface area (Å²) in [4.78, 5) is 12.3. The molecule has 0 N–H and O–H groups in total. The van der Waals surface area contributed by atoms with Crippen LogP contribution in [0.15, 0.2) is 0 Å². The molecule has 2 fully saturated rings. The molecule has 1 aliphatic heterocycles. The number of carbonyl (C=O) groups is 1. The molecule has 2 nitrogen and oxygen atoms in total. The first-order valence-electron chi connectivity index (χ1n) is 7.74. The van der Waals surface area contributed by atoms with Gasteiger partial charge in [-0.05, 0) is 43.9 Å². The molecule has 2 atom stereocenters. The lowest BCUT2D eigenvalue weighted by atomic mass is 9.66. The molecular weight excluding hydrogens is 224 g/mol. The predicted molar refractivity (Wildman–Crippen MR) is 73.6 cm³/mol. The highest BCUT2D eigenvalue weighted by Crippen LogP contribution is 2.41. The quantitative estimate of drug-likeness (QED) is 0.735. The molecule has 1 saturated heterocycles. The van der Waals surface area contributed by atoms with Gasteiger partial charge in [-0.2, -0.15) is 0 Å². The molecule has 0 spiro atoms. The Morgan fingerprint density at radius 2 is 2.06 bits per heavy atom. The van der Waals surface area contributed by atoms with Gasteiger partial charge in [0.2, 0.25) is 0 Å². The number of carbonyl (C=O) groups excluding carboxylic acids is 1. The van der Waals surface area contributed by atoms with E-state index in [9.17, 15) is 4.79 Å². The predicted octanol–water partition coefficient (Wildman–Crippen LogP) is 4.12. The van der Waals surface area contributed by atoms with E-state index in [0.29, 0.717) is 17.8 Å². The van der Waals surface area contributed by atoms with Crippen LogP contribution in [0.2, 0.25) is 0 Å². The van der Waals surface area contributed by atoms with Crippen molar-refractivity contribution < 1.29 is 9.53 Å². The molecule has 2 aliphatic rings. The van der Waals surface area contributed by atoms with Crippen LogP contribution in [0.25, 0.3) is 0 Å². The van der Waals surface area contributed by atoms with E-state index >= 15 is 0 Å². The Bertz CT molecular complexity index is 277. The van der Waals surface area contributed by atoms with Crippen LogP contribution in [0.3, 0.4) is 0 Å². The van der Waals surface area contributed by atoms with Gasteiger partial charge in [0.05, 0.1) is 6.10 Å². The van der Waals surface area contributed by atoms with Crippen LogP contribution in [0, 0.1) is 11.3 Å². The Morgan fingerprint density at radius 1 is 1.22 bits per heavy atom. The smallest absolute Gasteiger partial charge is 0.136 e. The number of ether oxygens (including phenoxy) is 1. The van der Waals surface area contributed by atoms with Gasteiger partial charge in [-0.25, -0.2) is 0 Å². The summed E-state index contributed by atoms with van der Waals surface area (Å²) in [6.07, 6.45) is 10.6.